The minimum Gasteiger partial charge on any atom is -0.488 e. The molecule has 2 aromatic carbocycles. The molecule has 2 N–H and O–H groups in total. The van der Waals surface area contributed by atoms with Crippen LogP contribution in [0, 0.1) is 6.92 Å². The van der Waals surface area contributed by atoms with Crippen LogP contribution < -0.4 is 19.5 Å². The molecule has 0 atom stereocenters. The van der Waals surface area contributed by atoms with Gasteiger partial charge < -0.3 is 14.8 Å². The lowest BCUT2D eigenvalue weighted by Crippen LogP contribution is -2.29. The Bertz CT molecular complexity index is 1050. The van der Waals surface area contributed by atoms with Crippen LogP contribution in [0.15, 0.2) is 41.3 Å². The number of amides is 1. The largest absolute Gasteiger partial charge is 0.488 e. The highest BCUT2D eigenvalue weighted by atomic mass is 32.2. The Morgan fingerprint density at radius 1 is 1.23 bits per heavy atom. The number of para-hydroxylation sites is 1. The van der Waals surface area contributed by atoms with Crippen LogP contribution in [-0.4, -0.2) is 39.6 Å². The van der Waals surface area contributed by atoms with E-state index in [1.54, 1.807) is 19.9 Å². The third-order valence-corrected chi connectivity index (χ3v) is 6.34. The maximum Gasteiger partial charge on any atom is 0.251 e. The molecule has 3 rings (SSSR count). The van der Waals surface area contributed by atoms with E-state index in [2.05, 4.69) is 10.0 Å². The van der Waals surface area contributed by atoms with E-state index in [-0.39, 0.29) is 36.1 Å². The molecular weight excluding hydrogens is 404 g/mol. The first-order valence-corrected chi connectivity index (χ1v) is 11.4. The zero-order chi connectivity index (χ0) is 21.9. The van der Waals surface area contributed by atoms with Gasteiger partial charge in [-0.1, -0.05) is 25.1 Å². The van der Waals surface area contributed by atoms with E-state index in [9.17, 15) is 13.2 Å². The summed E-state index contributed by atoms with van der Waals surface area (Å²) in [5, 5.41) is 2.78. The lowest BCUT2D eigenvalue weighted by Gasteiger charge is -2.18. The Hall–Kier alpha value is -2.58. The van der Waals surface area contributed by atoms with Crippen LogP contribution in [-0.2, 0) is 16.4 Å². The topological polar surface area (TPSA) is 93.7 Å². The van der Waals surface area contributed by atoms with Crippen molar-refractivity contribution < 1.29 is 22.7 Å². The van der Waals surface area contributed by atoms with Gasteiger partial charge in [0.15, 0.2) is 11.5 Å². The van der Waals surface area contributed by atoms with Gasteiger partial charge >= 0.3 is 0 Å². The first-order valence-electron chi connectivity index (χ1n) is 9.95. The Balaban J connectivity index is 1.61. The van der Waals surface area contributed by atoms with Gasteiger partial charge in [-0.25, -0.2) is 13.1 Å². The van der Waals surface area contributed by atoms with Gasteiger partial charge in [-0.2, -0.15) is 0 Å². The molecule has 0 spiro atoms. The van der Waals surface area contributed by atoms with Crippen LogP contribution in [0.5, 0.6) is 11.5 Å². The molecule has 30 heavy (non-hydrogen) atoms. The van der Waals surface area contributed by atoms with Crippen molar-refractivity contribution in [1.29, 1.82) is 0 Å². The van der Waals surface area contributed by atoms with E-state index in [1.807, 2.05) is 32.0 Å². The Labute approximate surface area is 177 Å². The molecule has 0 fully saturated rings. The van der Waals surface area contributed by atoms with Gasteiger partial charge in [0.25, 0.3) is 5.91 Å². The van der Waals surface area contributed by atoms with Crippen LogP contribution in [0.1, 0.15) is 42.3 Å². The van der Waals surface area contributed by atoms with Crippen molar-refractivity contribution in [2.45, 2.75) is 44.6 Å². The summed E-state index contributed by atoms with van der Waals surface area (Å²) in [6, 6.07) is 10.3. The molecule has 1 aliphatic heterocycles. The summed E-state index contributed by atoms with van der Waals surface area (Å²) in [7, 11) is -3.63. The molecule has 1 amide bonds. The van der Waals surface area contributed by atoms with Crippen molar-refractivity contribution in [3.05, 3.63) is 53.1 Å². The first-order chi connectivity index (χ1) is 14.1. The van der Waals surface area contributed by atoms with Crippen molar-refractivity contribution in [3.8, 4) is 11.5 Å². The van der Waals surface area contributed by atoms with E-state index in [4.69, 9.17) is 9.47 Å². The van der Waals surface area contributed by atoms with Gasteiger partial charge in [0.05, 0.1) is 11.4 Å². The SMILES string of the molecule is CCNS(=O)(=O)c1ccc(C)c(C(=O)NCCOc2cccc3c2OC(C)(C)C3)c1. The molecule has 0 saturated carbocycles. The molecule has 1 heterocycles. The number of carbonyl (C=O) groups excluding carboxylic acids is 1. The van der Waals surface area contributed by atoms with Gasteiger partial charge in [-0.05, 0) is 44.5 Å². The lowest BCUT2D eigenvalue weighted by atomic mass is 10.0. The first kappa shape index (κ1) is 22.1. The zero-order valence-electron chi connectivity index (χ0n) is 17.7. The van der Waals surface area contributed by atoms with Gasteiger partial charge in [-0.15, -0.1) is 0 Å². The fourth-order valence-corrected chi connectivity index (χ4v) is 4.47. The standard InChI is InChI=1S/C22H28N2O5S/c1-5-24-30(26,27)17-10-9-15(2)18(13-17)21(25)23-11-12-28-19-8-6-7-16-14-22(3,4)29-20(16)19/h6-10,13,24H,5,11-12,14H2,1-4H3,(H,23,25). The van der Waals surface area contributed by atoms with Gasteiger partial charge in [-0.3, -0.25) is 4.79 Å². The van der Waals surface area contributed by atoms with E-state index >= 15 is 0 Å². The van der Waals surface area contributed by atoms with Crippen LogP contribution in [0.25, 0.3) is 0 Å². The number of carbonyl (C=O) groups is 1. The van der Waals surface area contributed by atoms with E-state index in [0.29, 0.717) is 16.9 Å². The summed E-state index contributed by atoms with van der Waals surface area (Å²) in [4.78, 5) is 12.6. The number of nitrogens with one attached hydrogen (secondary N) is 2. The summed E-state index contributed by atoms with van der Waals surface area (Å²) in [6.45, 7) is 8.34. The zero-order valence-corrected chi connectivity index (χ0v) is 18.6. The number of ether oxygens (including phenoxy) is 2. The second-order valence-corrected chi connectivity index (χ2v) is 9.63. The van der Waals surface area contributed by atoms with Crippen LogP contribution in [0.2, 0.25) is 0 Å². The van der Waals surface area contributed by atoms with Gasteiger partial charge in [0.2, 0.25) is 10.0 Å². The fourth-order valence-electron chi connectivity index (χ4n) is 3.41. The normalized spacial score (nSPS) is 14.7. The second kappa shape index (κ2) is 8.65. The molecule has 0 unspecified atom stereocenters. The van der Waals surface area contributed by atoms with Gasteiger partial charge in [0.1, 0.15) is 12.2 Å². The molecule has 2 aromatic rings. The number of aryl methyl sites for hydroxylation is 1. The Kier molecular flexibility index (Phi) is 6.38. The van der Waals surface area contributed by atoms with Crippen molar-refractivity contribution in [3.63, 3.8) is 0 Å². The minimum atomic E-state index is -3.63. The molecule has 0 bridgehead atoms. The predicted molar refractivity (Wildman–Crippen MR) is 115 cm³/mol. The monoisotopic (exact) mass is 432 g/mol. The number of sulfonamides is 1. The molecule has 1 aliphatic rings. The molecular formula is C22H28N2O5S. The fraction of sp³-hybridized carbons (Fsp3) is 0.409. The summed E-state index contributed by atoms with van der Waals surface area (Å²) in [5.41, 5.74) is 1.86. The van der Waals surface area contributed by atoms with E-state index in [1.165, 1.54) is 12.1 Å². The Morgan fingerprint density at radius 3 is 2.73 bits per heavy atom. The smallest absolute Gasteiger partial charge is 0.251 e. The van der Waals surface area contributed by atoms with Crippen molar-refractivity contribution >= 4 is 15.9 Å². The van der Waals surface area contributed by atoms with Crippen LogP contribution >= 0.6 is 0 Å². The third-order valence-electron chi connectivity index (χ3n) is 4.80. The molecule has 0 radical (unpaired) electrons. The lowest BCUT2D eigenvalue weighted by molar-refractivity contribution is 0.0945. The maximum absolute atomic E-state index is 12.6. The maximum atomic E-state index is 12.6. The van der Waals surface area contributed by atoms with E-state index < -0.39 is 10.0 Å². The van der Waals surface area contributed by atoms with Crippen LogP contribution in [0.3, 0.4) is 0 Å². The summed E-state index contributed by atoms with van der Waals surface area (Å²) in [6.07, 6.45) is 0.821. The Morgan fingerprint density at radius 2 is 2.00 bits per heavy atom. The van der Waals surface area contributed by atoms with Gasteiger partial charge in [0, 0.05) is 24.1 Å². The van der Waals surface area contributed by atoms with Crippen molar-refractivity contribution in [2.75, 3.05) is 19.7 Å². The number of hydrogen-bond acceptors (Lipinski definition) is 5. The molecule has 0 aromatic heterocycles. The predicted octanol–water partition coefficient (Wildman–Crippen LogP) is 2.82. The molecule has 7 nitrogen and oxygen atoms in total. The highest BCUT2D eigenvalue weighted by Gasteiger charge is 2.32. The third kappa shape index (κ3) is 4.94. The molecule has 0 saturated heterocycles. The second-order valence-electron chi connectivity index (χ2n) is 7.87. The number of hydrogen-bond donors (Lipinski definition) is 2. The quantitative estimate of drug-likeness (QED) is 0.626. The molecule has 0 aliphatic carbocycles. The van der Waals surface area contributed by atoms with Crippen molar-refractivity contribution in [1.82, 2.24) is 10.0 Å². The minimum absolute atomic E-state index is 0.0657. The summed E-state index contributed by atoms with van der Waals surface area (Å²) < 4.78 is 38.6. The number of benzene rings is 2. The summed E-state index contributed by atoms with van der Waals surface area (Å²) in [5.74, 6) is 1.06. The highest BCUT2D eigenvalue weighted by Crippen LogP contribution is 2.41. The van der Waals surface area contributed by atoms with Crippen molar-refractivity contribution in [2.24, 2.45) is 0 Å². The van der Waals surface area contributed by atoms with E-state index in [0.717, 1.165) is 17.7 Å². The molecule has 8 heteroatoms. The average molecular weight is 433 g/mol. The summed E-state index contributed by atoms with van der Waals surface area (Å²) >= 11 is 0. The number of rotatable bonds is 8. The average Bonchev–Trinajstić information content (AvgIpc) is 2.99. The molecule has 162 valence electrons. The van der Waals surface area contributed by atoms with Crippen LogP contribution in [0.4, 0.5) is 0 Å². The number of fused-ring (bicyclic) bond motifs is 1. The highest BCUT2D eigenvalue weighted by molar-refractivity contribution is 7.89.